The van der Waals surface area contributed by atoms with Gasteiger partial charge in [-0.05, 0) is 38.0 Å². The Kier molecular flexibility index (Phi) is 6.33. The topological polar surface area (TPSA) is 54.0 Å². The molecule has 0 spiro atoms. The summed E-state index contributed by atoms with van der Waals surface area (Å²) < 4.78 is 36.9. The summed E-state index contributed by atoms with van der Waals surface area (Å²) in [5.74, 6) is 0.660. The molecule has 4 rings (SSSR count). The lowest BCUT2D eigenvalue weighted by molar-refractivity contribution is -0.134. The third kappa shape index (κ3) is 4.49. The van der Waals surface area contributed by atoms with Gasteiger partial charge in [-0.1, -0.05) is 30.3 Å². The predicted molar refractivity (Wildman–Crippen MR) is 109 cm³/mol. The highest BCUT2D eigenvalue weighted by molar-refractivity contribution is 5.96. The molecule has 5 nitrogen and oxygen atoms in total. The van der Waals surface area contributed by atoms with Gasteiger partial charge in [-0.15, -0.1) is 0 Å². The fraction of sp³-hybridized carbons (Fsp3) is 0.375. The van der Waals surface area contributed by atoms with Crippen LogP contribution < -0.4 is 9.47 Å². The van der Waals surface area contributed by atoms with E-state index in [0.29, 0.717) is 42.9 Å². The zero-order chi connectivity index (χ0) is 20.9. The summed E-state index contributed by atoms with van der Waals surface area (Å²) in [4.78, 5) is 13.0. The summed E-state index contributed by atoms with van der Waals surface area (Å²) in [7, 11) is 0. The summed E-state index contributed by atoms with van der Waals surface area (Å²) in [6, 6.07) is 13.8. The molecule has 30 heavy (non-hydrogen) atoms. The van der Waals surface area contributed by atoms with Crippen LogP contribution >= 0.6 is 0 Å². The maximum absolute atomic E-state index is 13.8. The van der Waals surface area contributed by atoms with Gasteiger partial charge in [0.05, 0.1) is 25.2 Å². The van der Waals surface area contributed by atoms with E-state index in [1.54, 1.807) is 30.3 Å². The first kappa shape index (κ1) is 20.4. The lowest BCUT2D eigenvalue weighted by Crippen LogP contribution is -2.42. The first-order chi connectivity index (χ1) is 14.7. The van der Waals surface area contributed by atoms with Crippen LogP contribution in [-0.2, 0) is 20.9 Å². The van der Waals surface area contributed by atoms with Crippen molar-refractivity contribution in [1.82, 2.24) is 0 Å². The number of rotatable bonds is 7. The Morgan fingerprint density at radius 2 is 1.83 bits per heavy atom. The molecule has 1 saturated carbocycles. The Morgan fingerprint density at radius 3 is 2.63 bits per heavy atom. The quantitative estimate of drug-likeness (QED) is 0.654. The number of hydrogen-bond acceptors (Lipinski definition) is 5. The number of ketones is 1. The van der Waals surface area contributed by atoms with Crippen LogP contribution in [0, 0.1) is 11.7 Å². The number of halogens is 1. The molecule has 2 aromatic carbocycles. The van der Waals surface area contributed by atoms with Crippen LogP contribution in [0.4, 0.5) is 4.39 Å². The van der Waals surface area contributed by atoms with Crippen LogP contribution in [0.2, 0.25) is 0 Å². The normalized spacial score (nSPS) is 23.2. The number of carbonyl (C=O) groups excluding carboxylic acids is 1. The molecule has 0 N–H and O–H groups in total. The largest absolute Gasteiger partial charge is 0.493 e. The maximum Gasteiger partial charge on any atom is 0.208 e. The molecule has 2 aromatic rings. The van der Waals surface area contributed by atoms with Gasteiger partial charge in [0.2, 0.25) is 11.5 Å². The maximum atomic E-state index is 13.8. The van der Waals surface area contributed by atoms with Crippen molar-refractivity contribution in [3.63, 3.8) is 0 Å². The van der Waals surface area contributed by atoms with Gasteiger partial charge in [0.1, 0.15) is 18.2 Å². The molecule has 158 valence electrons. The van der Waals surface area contributed by atoms with Crippen molar-refractivity contribution < 1.29 is 28.1 Å². The fourth-order valence-corrected chi connectivity index (χ4v) is 3.91. The van der Waals surface area contributed by atoms with Crippen LogP contribution in [-0.4, -0.2) is 24.6 Å². The van der Waals surface area contributed by atoms with Crippen molar-refractivity contribution in [2.24, 2.45) is 5.92 Å². The van der Waals surface area contributed by atoms with E-state index in [-0.39, 0.29) is 42.1 Å². The summed E-state index contributed by atoms with van der Waals surface area (Å²) >= 11 is 0. The Morgan fingerprint density at radius 1 is 1.07 bits per heavy atom. The smallest absolute Gasteiger partial charge is 0.208 e. The van der Waals surface area contributed by atoms with Crippen molar-refractivity contribution in [3.05, 3.63) is 71.9 Å². The average molecular weight is 412 g/mol. The predicted octanol–water partition coefficient (Wildman–Crippen LogP) is 4.80. The highest BCUT2D eigenvalue weighted by Gasteiger charge is 2.41. The van der Waals surface area contributed by atoms with Crippen LogP contribution in [0.15, 0.2) is 60.6 Å². The molecule has 3 atom stereocenters. The van der Waals surface area contributed by atoms with Gasteiger partial charge < -0.3 is 18.9 Å². The number of carbonyl (C=O) groups is 1. The standard InChI is InChI=1S/C24H25FO5/c1-2-27-20-9-5-6-10-21(20)30-23-15-29-22-13-17(11-12-18(22)24(23)26)28-14-16-7-3-4-8-19(16)25/h3-10,15,17-18,22H,2,11-14H2,1H3. The Balaban J connectivity index is 1.38. The molecule has 0 saturated heterocycles. The zero-order valence-electron chi connectivity index (χ0n) is 16.9. The molecule has 0 aromatic heterocycles. The Hall–Kier alpha value is -2.86. The van der Waals surface area contributed by atoms with Gasteiger partial charge in [0, 0.05) is 12.0 Å². The molecule has 6 heteroatoms. The monoisotopic (exact) mass is 412 g/mol. The summed E-state index contributed by atoms with van der Waals surface area (Å²) in [5, 5.41) is 0. The van der Waals surface area contributed by atoms with Crippen molar-refractivity contribution in [2.75, 3.05) is 6.61 Å². The summed E-state index contributed by atoms with van der Waals surface area (Å²) in [5.41, 5.74) is 0.531. The number of allylic oxidation sites excluding steroid dienone is 1. The number of para-hydroxylation sites is 2. The number of fused-ring (bicyclic) bond motifs is 1. The SMILES string of the molecule is CCOc1ccccc1OC1=COC2CC(OCc3ccccc3F)CCC2C1=O. The zero-order valence-corrected chi connectivity index (χ0v) is 16.9. The van der Waals surface area contributed by atoms with E-state index < -0.39 is 0 Å². The summed E-state index contributed by atoms with van der Waals surface area (Å²) in [6.07, 6.45) is 3.00. The van der Waals surface area contributed by atoms with E-state index in [0.717, 1.165) is 0 Å². The number of hydrogen-bond donors (Lipinski definition) is 0. The van der Waals surface area contributed by atoms with Crippen molar-refractivity contribution >= 4 is 5.78 Å². The highest BCUT2D eigenvalue weighted by Crippen LogP contribution is 2.37. The second-order valence-corrected chi connectivity index (χ2v) is 7.45. The van der Waals surface area contributed by atoms with Crippen LogP contribution in [0.5, 0.6) is 11.5 Å². The van der Waals surface area contributed by atoms with E-state index in [4.69, 9.17) is 18.9 Å². The number of ether oxygens (including phenoxy) is 4. The molecule has 0 bridgehead atoms. The first-order valence-electron chi connectivity index (χ1n) is 10.3. The van der Waals surface area contributed by atoms with Crippen molar-refractivity contribution in [2.45, 2.75) is 45.0 Å². The highest BCUT2D eigenvalue weighted by atomic mass is 19.1. The second-order valence-electron chi connectivity index (χ2n) is 7.45. The minimum absolute atomic E-state index is 0.0647. The van der Waals surface area contributed by atoms with Crippen LogP contribution in [0.25, 0.3) is 0 Å². The number of benzene rings is 2. The molecular formula is C24H25FO5. The van der Waals surface area contributed by atoms with Gasteiger partial charge in [0.15, 0.2) is 11.5 Å². The fourth-order valence-electron chi connectivity index (χ4n) is 3.91. The van der Waals surface area contributed by atoms with E-state index in [1.807, 2.05) is 19.1 Å². The van der Waals surface area contributed by atoms with Crippen LogP contribution in [0.1, 0.15) is 31.7 Å². The van der Waals surface area contributed by atoms with E-state index >= 15 is 0 Å². The molecule has 1 heterocycles. The molecule has 3 unspecified atom stereocenters. The van der Waals surface area contributed by atoms with Gasteiger partial charge in [-0.2, -0.15) is 0 Å². The Labute approximate surface area is 175 Å². The van der Waals surface area contributed by atoms with Crippen molar-refractivity contribution in [1.29, 1.82) is 0 Å². The third-order valence-electron chi connectivity index (χ3n) is 5.47. The first-order valence-corrected chi connectivity index (χ1v) is 10.3. The lowest BCUT2D eigenvalue weighted by atomic mass is 9.80. The van der Waals surface area contributed by atoms with E-state index in [2.05, 4.69) is 0 Å². The molecule has 0 amide bonds. The lowest BCUT2D eigenvalue weighted by Gasteiger charge is -2.37. The van der Waals surface area contributed by atoms with Gasteiger partial charge in [0.25, 0.3) is 0 Å². The molecular weight excluding hydrogens is 387 g/mol. The molecule has 1 fully saturated rings. The van der Waals surface area contributed by atoms with Gasteiger partial charge in [-0.25, -0.2) is 4.39 Å². The summed E-state index contributed by atoms with van der Waals surface area (Å²) in [6.45, 7) is 2.60. The van der Waals surface area contributed by atoms with Gasteiger partial charge >= 0.3 is 0 Å². The second kappa shape index (κ2) is 9.30. The minimum atomic E-state index is -0.271. The van der Waals surface area contributed by atoms with Crippen LogP contribution in [0.3, 0.4) is 0 Å². The molecule has 2 aliphatic rings. The third-order valence-corrected chi connectivity index (χ3v) is 5.47. The molecule has 1 aliphatic carbocycles. The van der Waals surface area contributed by atoms with Crippen molar-refractivity contribution in [3.8, 4) is 11.5 Å². The Bertz CT molecular complexity index is 925. The molecule has 0 radical (unpaired) electrons. The van der Waals surface area contributed by atoms with E-state index in [9.17, 15) is 9.18 Å². The number of Topliss-reactive ketones (excluding diaryl/α,β-unsaturated/α-hetero) is 1. The average Bonchev–Trinajstić information content (AvgIpc) is 2.76. The minimum Gasteiger partial charge on any atom is -0.493 e. The van der Waals surface area contributed by atoms with E-state index in [1.165, 1.54) is 12.3 Å². The molecule has 1 aliphatic heterocycles. The van der Waals surface area contributed by atoms with Gasteiger partial charge in [-0.3, -0.25) is 4.79 Å².